The summed E-state index contributed by atoms with van der Waals surface area (Å²) >= 11 is 1.34. The molecule has 4 rings (SSSR count). The molecule has 3 aromatic rings. The summed E-state index contributed by atoms with van der Waals surface area (Å²) in [5.74, 6) is 1.80. The minimum Gasteiger partial charge on any atom is -0.461 e. The van der Waals surface area contributed by atoms with E-state index in [0.29, 0.717) is 28.6 Å². The number of furan rings is 1. The van der Waals surface area contributed by atoms with Crippen molar-refractivity contribution in [1.82, 2.24) is 24.9 Å². The summed E-state index contributed by atoms with van der Waals surface area (Å²) in [6, 6.07) is 4.13. The van der Waals surface area contributed by atoms with Crippen LogP contribution in [-0.4, -0.2) is 36.6 Å². The number of hydrogen-bond acceptors (Lipinski definition) is 8. The van der Waals surface area contributed by atoms with E-state index in [4.69, 9.17) is 8.94 Å². The normalized spacial score (nSPS) is 15.1. The largest absolute Gasteiger partial charge is 0.461 e. The Morgan fingerprint density at radius 3 is 2.89 bits per heavy atom. The molecule has 9 nitrogen and oxygen atoms in total. The van der Waals surface area contributed by atoms with Crippen molar-refractivity contribution >= 4 is 23.7 Å². The Morgan fingerprint density at radius 2 is 2.19 bits per heavy atom. The molecule has 0 atom stereocenters. The van der Waals surface area contributed by atoms with Gasteiger partial charge in [0.05, 0.1) is 12.0 Å². The molecule has 0 saturated heterocycles. The van der Waals surface area contributed by atoms with Crippen LogP contribution in [0.25, 0.3) is 11.6 Å². The van der Waals surface area contributed by atoms with Crippen LogP contribution < -0.4 is 5.32 Å². The van der Waals surface area contributed by atoms with Gasteiger partial charge in [-0.25, -0.2) is 0 Å². The Kier molecular flexibility index (Phi) is 5.23. The molecule has 0 radical (unpaired) electrons. The maximum absolute atomic E-state index is 12.2. The maximum Gasteiger partial charge on any atom is 0.328 e. The standard InChI is InChI=1S/C17H20N6O3S/c1-11-18-16(26-22-11)19-14(24)10-27-17-21-20-15(13-8-5-9-25-13)23(17)12-6-3-2-4-7-12/h5,8-9,12H,2-4,6-7,10H2,1H3,(H,18,19,22,24). The Bertz CT molecular complexity index is 898. The third kappa shape index (κ3) is 4.05. The van der Waals surface area contributed by atoms with Gasteiger partial charge in [-0.3, -0.25) is 14.7 Å². The summed E-state index contributed by atoms with van der Waals surface area (Å²) in [5.41, 5.74) is 0. The van der Waals surface area contributed by atoms with Crippen LogP contribution in [0.5, 0.6) is 0 Å². The number of aryl methyl sites for hydroxylation is 1. The van der Waals surface area contributed by atoms with E-state index in [1.807, 2.05) is 12.1 Å². The van der Waals surface area contributed by atoms with E-state index in [0.717, 1.165) is 12.8 Å². The fraction of sp³-hybridized carbons (Fsp3) is 0.471. The molecule has 1 aliphatic carbocycles. The minimum atomic E-state index is -0.235. The highest BCUT2D eigenvalue weighted by Crippen LogP contribution is 2.35. The zero-order valence-corrected chi connectivity index (χ0v) is 15.7. The zero-order chi connectivity index (χ0) is 18.6. The van der Waals surface area contributed by atoms with Gasteiger partial charge in [0.2, 0.25) is 11.7 Å². The van der Waals surface area contributed by atoms with Gasteiger partial charge in [0, 0.05) is 6.04 Å². The van der Waals surface area contributed by atoms with Crippen molar-refractivity contribution in [3.63, 3.8) is 0 Å². The zero-order valence-electron chi connectivity index (χ0n) is 14.9. The highest BCUT2D eigenvalue weighted by atomic mass is 32.2. The van der Waals surface area contributed by atoms with Crippen molar-refractivity contribution in [2.24, 2.45) is 0 Å². The molecule has 0 bridgehead atoms. The lowest BCUT2D eigenvalue weighted by Crippen LogP contribution is -2.17. The molecule has 0 unspecified atom stereocenters. The molecule has 1 fully saturated rings. The third-order valence-corrected chi connectivity index (χ3v) is 5.40. The highest BCUT2D eigenvalue weighted by molar-refractivity contribution is 7.99. The van der Waals surface area contributed by atoms with E-state index in [-0.39, 0.29) is 17.7 Å². The Balaban J connectivity index is 1.50. The van der Waals surface area contributed by atoms with Gasteiger partial charge in [0.1, 0.15) is 0 Å². The van der Waals surface area contributed by atoms with Crippen LogP contribution in [0.1, 0.15) is 44.0 Å². The van der Waals surface area contributed by atoms with Crippen LogP contribution in [-0.2, 0) is 4.79 Å². The molecular formula is C17H20N6O3S. The predicted molar refractivity (Wildman–Crippen MR) is 98.2 cm³/mol. The lowest BCUT2D eigenvalue weighted by Gasteiger charge is -2.25. The van der Waals surface area contributed by atoms with Crippen LogP contribution >= 0.6 is 11.8 Å². The molecule has 3 heterocycles. The average molecular weight is 388 g/mol. The Labute approximate surface area is 159 Å². The van der Waals surface area contributed by atoms with Gasteiger partial charge in [-0.1, -0.05) is 36.2 Å². The lowest BCUT2D eigenvalue weighted by atomic mass is 9.95. The van der Waals surface area contributed by atoms with Crippen molar-refractivity contribution in [2.45, 2.75) is 50.2 Å². The number of carbonyl (C=O) groups is 1. The molecule has 142 valence electrons. The second-order valence-electron chi connectivity index (χ2n) is 6.43. The lowest BCUT2D eigenvalue weighted by molar-refractivity contribution is -0.114. The number of nitrogens with zero attached hydrogens (tertiary/aromatic N) is 5. The predicted octanol–water partition coefficient (Wildman–Crippen LogP) is 3.47. The van der Waals surface area contributed by atoms with Crippen LogP contribution in [0.15, 0.2) is 32.5 Å². The van der Waals surface area contributed by atoms with Crippen LogP contribution in [0.3, 0.4) is 0 Å². The number of hydrogen-bond donors (Lipinski definition) is 1. The molecular weight excluding hydrogens is 368 g/mol. The maximum atomic E-state index is 12.2. The first-order valence-electron chi connectivity index (χ1n) is 8.92. The number of rotatable bonds is 6. The number of thioether (sulfide) groups is 1. The fourth-order valence-electron chi connectivity index (χ4n) is 3.25. The number of amides is 1. The molecule has 1 N–H and O–H groups in total. The van der Waals surface area contributed by atoms with Crippen LogP contribution in [0.4, 0.5) is 6.01 Å². The van der Waals surface area contributed by atoms with Crippen molar-refractivity contribution in [2.75, 3.05) is 11.1 Å². The molecule has 10 heteroatoms. The topological polar surface area (TPSA) is 112 Å². The molecule has 1 saturated carbocycles. The first-order valence-corrected chi connectivity index (χ1v) is 9.91. The summed E-state index contributed by atoms with van der Waals surface area (Å²) in [6.07, 6.45) is 7.40. The van der Waals surface area contributed by atoms with Crippen molar-refractivity contribution in [3.8, 4) is 11.6 Å². The van der Waals surface area contributed by atoms with E-state index >= 15 is 0 Å². The number of anilines is 1. The Hall–Kier alpha value is -2.62. The van der Waals surface area contributed by atoms with Gasteiger partial charge in [-0.05, 0) is 31.9 Å². The molecule has 1 amide bonds. The van der Waals surface area contributed by atoms with E-state index in [1.54, 1.807) is 13.2 Å². The van der Waals surface area contributed by atoms with Gasteiger partial charge in [0.25, 0.3) is 0 Å². The molecule has 0 spiro atoms. The number of aromatic nitrogens is 5. The highest BCUT2D eigenvalue weighted by Gasteiger charge is 2.25. The number of carbonyl (C=O) groups excluding carboxylic acids is 1. The number of nitrogens with one attached hydrogen (secondary N) is 1. The quantitative estimate of drug-likeness (QED) is 0.639. The van der Waals surface area contributed by atoms with Crippen molar-refractivity contribution in [1.29, 1.82) is 0 Å². The second-order valence-corrected chi connectivity index (χ2v) is 7.37. The Morgan fingerprint density at radius 1 is 1.33 bits per heavy atom. The summed E-state index contributed by atoms with van der Waals surface area (Å²) < 4.78 is 12.6. The van der Waals surface area contributed by atoms with Gasteiger partial charge >= 0.3 is 6.01 Å². The molecule has 0 aromatic carbocycles. The summed E-state index contributed by atoms with van der Waals surface area (Å²) in [5, 5.41) is 15.6. The monoisotopic (exact) mass is 388 g/mol. The molecule has 3 aromatic heterocycles. The van der Waals surface area contributed by atoms with Crippen molar-refractivity contribution < 1.29 is 13.7 Å². The van der Waals surface area contributed by atoms with E-state index in [9.17, 15) is 4.79 Å². The van der Waals surface area contributed by atoms with E-state index < -0.39 is 0 Å². The molecule has 27 heavy (non-hydrogen) atoms. The van der Waals surface area contributed by atoms with E-state index in [2.05, 4.69) is 30.2 Å². The second kappa shape index (κ2) is 7.95. The summed E-state index contributed by atoms with van der Waals surface area (Å²) in [4.78, 5) is 16.2. The first-order chi connectivity index (χ1) is 13.2. The smallest absolute Gasteiger partial charge is 0.328 e. The average Bonchev–Trinajstić information content (AvgIpc) is 3.41. The van der Waals surface area contributed by atoms with Gasteiger partial charge in [0.15, 0.2) is 16.7 Å². The fourth-order valence-corrected chi connectivity index (χ4v) is 4.06. The van der Waals surface area contributed by atoms with Gasteiger partial charge in [-0.2, -0.15) is 4.98 Å². The summed E-state index contributed by atoms with van der Waals surface area (Å²) in [6.45, 7) is 1.69. The van der Waals surface area contributed by atoms with Crippen LogP contribution in [0.2, 0.25) is 0 Å². The minimum absolute atomic E-state index is 0.100. The third-order valence-electron chi connectivity index (χ3n) is 4.45. The van der Waals surface area contributed by atoms with E-state index in [1.165, 1.54) is 31.0 Å². The van der Waals surface area contributed by atoms with Crippen molar-refractivity contribution in [3.05, 3.63) is 24.2 Å². The molecule has 0 aliphatic heterocycles. The van der Waals surface area contributed by atoms with Crippen LogP contribution in [0, 0.1) is 6.92 Å². The van der Waals surface area contributed by atoms with Gasteiger partial charge in [-0.15, -0.1) is 10.2 Å². The van der Waals surface area contributed by atoms with Gasteiger partial charge < -0.3 is 8.94 Å². The molecule has 1 aliphatic rings. The SMILES string of the molecule is Cc1noc(NC(=O)CSc2nnc(-c3ccco3)n2C2CCCCC2)n1. The summed E-state index contributed by atoms with van der Waals surface area (Å²) in [7, 11) is 0. The first kappa shape index (κ1) is 17.8.